The fraction of sp³-hybridized carbons (Fsp3) is 0.292. The van der Waals surface area contributed by atoms with Crippen molar-refractivity contribution in [1.29, 1.82) is 0 Å². The summed E-state index contributed by atoms with van der Waals surface area (Å²) < 4.78 is 0. The lowest BCUT2D eigenvalue weighted by Crippen LogP contribution is -2.71. The van der Waals surface area contributed by atoms with Crippen molar-refractivity contribution in [3.05, 3.63) is 50.2 Å². The number of hydrogen-bond donors (Lipinski definition) is 7. The van der Waals surface area contributed by atoms with Crippen molar-refractivity contribution in [2.45, 2.75) is 36.9 Å². The number of anilines is 1. The average molecular weight is 666 g/mol. The van der Waals surface area contributed by atoms with E-state index < -0.39 is 91.7 Å². The van der Waals surface area contributed by atoms with E-state index in [0.717, 1.165) is 34.1 Å². The van der Waals surface area contributed by atoms with Crippen LogP contribution in [-0.4, -0.2) is 99.3 Å². The van der Waals surface area contributed by atoms with Gasteiger partial charge in [-0.15, -0.1) is 23.1 Å². The smallest absolute Gasteiger partial charge is 0.352 e. The number of nitrogen functional groups attached to an aromatic ring is 1. The van der Waals surface area contributed by atoms with Crippen LogP contribution in [0, 0.1) is 10.1 Å². The number of nitrogens with two attached hydrogens (primary N) is 2. The second kappa shape index (κ2) is 12.0. The first kappa shape index (κ1) is 32.6. The summed E-state index contributed by atoms with van der Waals surface area (Å²) in [5, 5.41) is 56.5. The number of fused-ring (bicyclic) bond motifs is 1. The standard InChI is InChI=1S/C24H23N7O12S2/c1-24(2,22(39)40)43-29-13(9-6-45-23(26)27-9)18(35)28-14-19(36)30-15(21(37)38)8(5-44-20(14)30)12(25)16(33)7-3-10(31(41)42)17(34)11(32)4-7/h3-4,6,12,14,20,32,34H,5,25H2,1-2H3,(H2,26,27)(H,28,35)(H,37,38)(H,39,40)/b29-13-/t12?,14?,20-/m1/s1. The fourth-order valence-corrected chi connectivity index (χ4v) is 6.06. The van der Waals surface area contributed by atoms with E-state index in [9.17, 15) is 54.5 Å². The van der Waals surface area contributed by atoms with E-state index >= 15 is 0 Å². The van der Waals surface area contributed by atoms with Crippen LogP contribution in [-0.2, 0) is 24.0 Å². The molecule has 2 aliphatic rings. The molecule has 0 saturated carbocycles. The summed E-state index contributed by atoms with van der Waals surface area (Å²) in [5.74, 6) is -8.32. The Morgan fingerprint density at radius 1 is 1.27 bits per heavy atom. The molecular weight excluding hydrogens is 642 g/mol. The molecule has 19 nitrogen and oxygen atoms in total. The third kappa shape index (κ3) is 6.07. The summed E-state index contributed by atoms with van der Waals surface area (Å²) in [4.78, 5) is 83.2. The highest BCUT2D eigenvalue weighted by Gasteiger charge is 2.55. The number of Topliss-reactive ketones (excluding diaryl/α,β-unsaturated/α-hetero) is 1. The lowest BCUT2D eigenvalue weighted by molar-refractivity contribution is -0.386. The van der Waals surface area contributed by atoms with E-state index in [-0.39, 0.29) is 22.2 Å². The minimum absolute atomic E-state index is 0.0449. The van der Waals surface area contributed by atoms with Gasteiger partial charge in [-0.25, -0.2) is 14.6 Å². The monoisotopic (exact) mass is 665 g/mol. The number of benzene rings is 1. The number of rotatable bonds is 11. The number of aliphatic carboxylic acids is 2. The fourth-order valence-electron chi connectivity index (χ4n) is 4.11. The molecule has 0 bridgehead atoms. The third-order valence-corrected chi connectivity index (χ3v) is 8.53. The number of hydrogen-bond acceptors (Lipinski definition) is 16. The van der Waals surface area contributed by atoms with Crippen LogP contribution < -0.4 is 16.8 Å². The molecule has 0 aliphatic carbocycles. The van der Waals surface area contributed by atoms with E-state index in [2.05, 4.69) is 15.5 Å². The number of thioether (sulfide) groups is 1. The van der Waals surface area contributed by atoms with Gasteiger partial charge < -0.3 is 42.0 Å². The maximum Gasteiger partial charge on any atom is 0.352 e. The first-order valence-electron chi connectivity index (χ1n) is 12.4. The summed E-state index contributed by atoms with van der Waals surface area (Å²) in [6.45, 7) is 2.35. The molecule has 1 fully saturated rings. The number of phenols is 2. The molecule has 1 saturated heterocycles. The van der Waals surface area contributed by atoms with Crippen LogP contribution in [0.1, 0.15) is 29.9 Å². The number of aromatic nitrogens is 1. The zero-order valence-electron chi connectivity index (χ0n) is 23.0. The van der Waals surface area contributed by atoms with Crippen LogP contribution in [0.5, 0.6) is 11.5 Å². The van der Waals surface area contributed by atoms with Crippen LogP contribution in [0.25, 0.3) is 0 Å². The van der Waals surface area contributed by atoms with Crippen molar-refractivity contribution in [2.24, 2.45) is 10.9 Å². The van der Waals surface area contributed by atoms with E-state index in [1.807, 2.05) is 0 Å². The number of β-lactam (4-membered cyclic amide) rings is 1. The van der Waals surface area contributed by atoms with Crippen LogP contribution >= 0.6 is 23.1 Å². The second-order valence-corrected chi connectivity index (χ2v) is 11.9. The number of nitrogens with zero attached hydrogens (tertiary/aromatic N) is 4. The molecule has 2 amide bonds. The van der Waals surface area contributed by atoms with Gasteiger partial charge in [-0.2, -0.15) is 0 Å². The molecule has 2 aliphatic heterocycles. The molecule has 2 aromatic rings. The summed E-state index contributed by atoms with van der Waals surface area (Å²) in [6, 6.07) is -1.66. The third-order valence-electron chi connectivity index (χ3n) is 6.56. The van der Waals surface area contributed by atoms with Crippen LogP contribution in [0.4, 0.5) is 10.8 Å². The van der Waals surface area contributed by atoms with E-state index in [4.69, 9.17) is 16.3 Å². The maximum atomic E-state index is 13.2. The van der Waals surface area contributed by atoms with Gasteiger partial charge in [0.05, 0.1) is 11.0 Å². The topological polar surface area (TPSA) is 311 Å². The van der Waals surface area contributed by atoms with Crippen LogP contribution in [0.15, 0.2) is 33.9 Å². The number of ketones is 1. The Labute approximate surface area is 259 Å². The van der Waals surface area contributed by atoms with Crippen molar-refractivity contribution in [1.82, 2.24) is 15.2 Å². The summed E-state index contributed by atoms with van der Waals surface area (Å²) >= 11 is 1.88. The van der Waals surface area contributed by atoms with Gasteiger partial charge in [0.15, 0.2) is 22.4 Å². The van der Waals surface area contributed by atoms with Gasteiger partial charge in [0.25, 0.3) is 11.8 Å². The molecule has 1 aromatic carbocycles. The Morgan fingerprint density at radius 2 is 1.93 bits per heavy atom. The average Bonchev–Trinajstić information content (AvgIpc) is 3.40. The normalized spacial score (nSPS) is 18.9. The zero-order chi connectivity index (χ0) is 33.5. The molecule has 4 rings (SSSR count). The van der Waals surface area contributed by atoms with Gasteiger partial charge >= 0.3 is 17.6 Å². The van der Waals surface area contributed by atoms with Gasteiger partial charge in [0.1, 0.15) is 22.8 Å². The van der Waals surface area contributed by atoms with Gasteiger partial charge in [-0.3, -0.25) is 29.4 Å². The summed E-state index contributed by atoms with van der Waals surface area (Å²) in [5.41, 5.74) is 6.87. The number of thiazole rings is 1. The minimum atomic E-state index is -1.85. The SMILES string of the molecule is CC(C)(O/N=C(\C(=O)NC1C(=O)N2C(C(=O)O)=C(C(N)C(=O)c3cc(O)c(O)c([N+](=O)[O-])c3)CS[C@H]12)c1csc(N)n1)C(=O)O. The number of carbonyl (C=O) groups excluding carboxylic acids is 3. The number of nitrogens with one attached hydrogen (secondary N) is 1. The molecule has 0 radical (unpaired) electrons. The number of amides is 2. The van der Waals surface area contributed by atoms with Crippen LogP contribution in [0.3, 0.4) is 0 Å². The van der Waals surface area contributed by atoms with Gasteiger partial charge in [0, 0.05) is 22.8 Å². The molecule has 1 aromatic heterocycles. The zero-order valence-corrected chi connectivity index (χ0v) is 24.6. The van der Waals surface area contributed by atoms with Crippen molar-refractivity contribution < 1.29 is 54.2 Å². The Balaban J connectivity index is 1.60. The first-order valence-corrected chi connectivity index (χ1v) is 14.3. The number of phenolic OH excluding ortho intramolecular Hbond substituents is 2. The Kier molecular flexibility index (Phi) is 8.71. The molecule has 238 valence electrons. The highest BCUT2D eigenvalue weighted by Crippen LogP contribution is 2.42. The molecule has 3 heterocycles. The number of carbonyl (C=O) groups is 5. The van der Waals surface area contributed by atoms with Crippen molar-refractivity contribution in [3.63, 3.8) is 0 Å². The van der Waals surface area contributed by atoms with Crippen molar-refractivity contribution in [2.75, 3.05) is 11.5 Å². The number of nitro benzene ring substituents is 1. The molecule has 0 spiro atoms. The Hall–Kier alpha value is -5.28. The number of oxime groups is 1. The van der Waals surface area contributed by atoms with E-state index in [1.165, 1.54) is 19.2 Å². The molecule has 2 unspecified atom stereocenters. The largest absolute Gasteiger partial charge is 0.504 e. The second-order valence-electron chi connectivity index (χ2n) is 9.92. The minimum Gasteiger partial charge on any atom is -0.504 e. The predicted molar refractivity (Wildman–Crippen MR) is 154 cm³/mol. The predicted octanol–water partition coefficient (Wildman–Crippen LogP) is -0.423. The molecule has 3 atom stereocenters. The van der Waals surface area contributed by atoms with Gasteiger partial charge in [0.2, 0.25) is 11.4 Å². The van der Waals surface area contributed by atoms with Crippen LogP contribution in [0.2, 0.25) is 0 Å². The highest BCUT2D eigenvalue weighted by molar-refractivity contribution is 8.00. The van der Waals surface area contributed by atoms with Gasteiger partial charge in [-0.1, -0.05) is 5.16 Å². The Morgan fingerprint density at radius 3 is 2.49 bits per heavy atom. The maximum absolute atomic E-state index is 13.2. The molecule has 21 heteroatoms. The first-order chi connectivity index (χ1) is 21.0. The molecule has 9 N–H and O–H groups in total. The quantitative estimate of drug-likeness (QED) is 0.0400. The molecule has 45 heavy (non-hydrogen) atoms. The lowest BCUT2D eigenvalue weighted by Gasteiger charge is -2.49. The lowest BCUT2D eigenvalue weighted by atomic mass is 9.94. The Bertz CT molecular complexity index is 1720. The number of nitro groups is 1. The van der Waals surface area contributed by atoms with Crippen molar-refractivity contribution >= 4 is 69.2 Å². The molecular formula is C24H23N7O12S2. The summed E-state index contributed by atoms with van der Waals surface area (Å²) in [6.07, 6.45) is 0. The highest BCUT2D eigenvalue weighted by atomic mass is 32.2. The number of carboxylic acids is 2. The number of aromatic hydroxyl groups is 2. The van der Waals surface area contributed by atoms with Gasteiger partial charge in [-0.05, 0) is 25.5 Å². The number of carboxylic acid groups (broad SMARTS) is 2. The van der Waals surface area contributed by atoms with E-state index in [0.29, 0.717) is 6.07 Å². The van der Waals surface area contributed by atoms with E-state index in [1.54, 1.807) is 0 Å². The summed E-state index contributed by atoms with van der Waals surface area (Å²) in [7, 11) is 0. The van der Waals surface area contributed by atoms with Crippen molar-refractivity contribution in [3.8, 4) is 11.5 Å².